The van der Waals surface area contributed by atoms with E-state index >= 15 is 0 Å². The Balaban J connectivity index is 2.62. The van der Waals surface area contributed by atoms with Crippen LogP contribution in [0.1, 0.15) is 54.4 Å². The fourth-order valence-corrected chi connectivity index (χ4v) is 2.61. The lowest BCUT2D eigenvalue weighted by atomic mass is 9.97. The van der Waals surface area contributed by atoms with E-state index in [0.29, 0.717) is 24.2 Å². The van der Waals surface area contributed by atoms with Crippen LogP contribution in [0.25, 0.3) is 11.1 Å². The standard InChI is InChI=1S/C22H30N2O2/c1-7-21(3,4)23(25)19-14-18(17-12-10-9-11-13-17)15-20(16-19)24(26)22(5,6)8-2/h9-16H,7-8H2,1-6H3. The highest BCUT2D eigenvalue weighted by molar-refractivity contribution is 5.73. The van der Waals surface area contributed by atoms with Crippen LogP contribution in [0.15, 0.2) is 48.5 Å². The minimum absolute atomic E-state index is 0.515. The molecular weight excluding hydrogens is 324 g/mol. The molecule has 2 aromatic carbocycles. The molecule has 0 aliphatic rings. The van der Waals surface area contributed by atoms with Crippen molar-refractivity contribution in [3.63, 3.8) is 0 Å². The van der Waals surface area contributed by atoms with Crippen molar-refractivity contribution >= 4 is 11.4 Å². The summed E-state index contributed by atoms with van der Waals surface area (Å²) in [6.45, 7) is 11.7. The van der Waals surface area contributed by atoms with Crippen molar-refractivity contribution in [2.75, 3.05) is 5.06 Å². The van der Waals surface area contributed by atoms with Gasteiger partial charge in [0.1, 0.15) is 0 Å². The van der Waals surface area contributed by atoms with Crippen LogP contribution in [-0.4, -0.2) is 15.8 Å². The number of anilines is 1. The Morgan fingerprint density at radius 2 is 1.54 bits per heavy atom. The summed E-state index contributed by atoms with van der Waals surface area (Å²) in [5.74, 6) is 0. The van der Waals surface area contributed by atoms with Crippen molar-refractivity contribution in [2.24, 2.45) is 0 Å². The van der Waals surface area contributed by atoms with Crippen LogP contribution in [0.4, 0.5) is 11.4 Å². The molecule has 0 unspecified atom stereocenters. The second-order valence-corrected chi connectivity index (χ2v) is 8.02. The van der Waals surface area contributed by atoms with Gasteiger partial charge in [-0.05, 0) is 37.5 Å². The van der Waals surface area contributed by atoms with Crippen LogP contribution >= 0.6 is 0 Å². The first-order chi connectivity index (χ1) is 12.1. The largest absolute Gasteiger partial charge is 0.758 e. The maximum Gasteiger partial charge on any atom is 0.259 e. The maximum absolute atomic E-state index is 13.0. The molecule has 0 bridgehead atoms. The lowest BCUT2D eigenvalue weighted by Crippen LogP contribution is -2.39. The molecule has 4 nitrogen and oxygen atoms in total. The van der Waals surface area contributed by atoms with Crippen LogP contribution in [0.5, 0.6) is 0 Å². The molecule has 0 amide bonds. The van der Waals surface area contributed by atoms with Gasteiger partial charge in [0.2, 0.25) is 5.54 Å². The molecule has 0 atom stereocenters. The topological polar surface area (TPSA) is 46.4 Å². The van der Waals surface area contributed by atoms with E-state index in [9.17, 15) is 10.1 Å². The highest BCUT2D eigenvalue weighted by atomic mass is 16.5. The average molecular weight is 354 g/mol. The Hall–Kier alpha value is -2.20. The smallest absolute Gasteiger partial charge is 0.259 e. The van der Waals surface area contributed by atoms with E-state index in [4.69, 9.17) is 0 Å². The third-order valence-corrected chi connectivity index (χ3v) is 5.31. The Bertz CT molecular complexity index is 767. The lowest BCUT2D eigenvalue weighted by molar-refractivity contribution is -0.545. The summed E-state index contributed by atoms with van der Waals surface area (Å²) in [5.41, 5.74) is 1.81. The normalized spacial score (nSPS) is 12.1. The Kier molecular flexibility index (Phi) is 5.87. The number of rotatable bonds is 7. The van der Waals surface area contributed by atoms with Gasteiger partial charge in [0.15, 0.2) is 0 Å². The summed E-state index contributed by atoms with van der Waals surface area (Å²) in [6.07, 6.45) is 1.42. The third kappa shape index (κ3) is 4.13. The van der Waals surface area contributed by atoms with E-state index in [-0.39, 0.29) is 0 Å². The van der Waals surface area contributed by atoms with Crippen LogP contribution in [0.2, 0.25) is 0 Å². The summed E-state index contributed by atoms with van der Waals surface area (Å²) >= 11 is 0. The van der Waals surface area contributed by atoms with E-state index in [1.165, 1.54) is 0 Å². The van der Waals surface area contributed by atoms with Gasteiger partial charge in [0.25, 0.3) is 5.69 Å². The van der Waals surface area contributed by atoms with Crippen LogP contribution in [-0.2, 0) is 0 Å². The number of hydrogen-bond donors (Lipinski definition) is 0. The molecule has 0 heterocycles. The molecule has 0 N–H and O–H groups in total. The number of hydrogen-bond acceptors (Lipinski definition) is 3. The van der Waals surface area contributed by atoms with Gasteiger partial charge in [0, 0.05) is 53.3 Å². The van der Waals surface area contributed by atoms with Gasteiger partial charge in [-0.2, -0.15) is 0 Å². The second-order valence-electron chi connectivity index (χ2n) is 8.02. The van der Waals surface area contributed by atoms with Crippen molar-refractivity contribution < 1.29 is 4.76 Å². The van der Waals surface area contributed by atoms with E-state index in [2.05, 4.69) is 0 Å². The first-order valence-corrected chi connectivity index (χ1v) is 9.27. The van der Waals surface area contributed by atoms with E-state index in [1.54, 1.807) is 6.07 Å². The lowest BCUT2D eigenvalue weighted by Gasteiger charge is -2.45. The molecule has 0 spiro atoms. The Morgan fingerprint density at radius 3 is 2.08 bits per heavy atom. The summed E-state index contributed by atoms with van der Waals surface area (Å²) in [7, 11) is 0. The van der Waals surface area contributed by atoms with Gasteiger partial charge >= 0.3 is 0 Å². The number of hydroxylamine groups is 1. The van der Waals surface area contributed by atoms with Crippen molar-refractivity contribution in [3.05, 3.63) is 58.6 Å². The number of benzene rings is 2. The van der Waals surface area contributed by atoms with E-state index in [1.807, 2.05) is 84.0 Å². The summed E-state index contributed by atoms with van der Waals surface area (Å²) < 4.78 is 1.02. The van der Waals surface area contributed by atoms with Crippen LogP contribution < -0.4 is 5.06 Å². The zero-order valence-electron chi connectivity index (χ0n) is 16.7. The van der Waals surface area contributed by atoms with Crippen molar-refractivity contribution in [1.82, 2.24) is 0 Å². The summed E-state index contributed by atoms with van der Waals surface area (Å²) in [5, 5.41) is 14.0. The highest BCUT2D eigenvalue weighted by Gasteiger charge is 2.35. The predicted molar refractivity (Wildman–Crippen MR) is 110 cm³/mol. The average Bonchev–Trinajstić information content (AvgIpc) is 2.66. The minimum Gasteiger partial charge on any atom is -0.758 e. The van der Waals surface area contributed by atoms with Gasteiger partial charge in [0.05, 0.1) is 0 Å². The third-order valence-electron chi connectivity index (χ3n) is 5.31. The van der Waals surface area contributed by atoms with Gasteiger partial charge in [-0.25, -0.2) is 0 Å². The molecule has 140 valence electrons. The van der Waals surface area contributed by atoms with Gasteiger partial charge in [-0.15, -0.1) is 0 Å². The predicted octanol–water partition coefficient (Wildman–Crippen LogP) is 6.45. The zero-order chi connectivity index (χ0) is 19.5. The Morgan fingerprint density at radius 1 is 0.923 bits per heavy atom. The molecule has 0 aliphatic heterocycles. The molecular formula is C22H30N2O2. The molecule has 2 rings (SSSR count). The first-order valence-electron chi connectivity index (χ1n) is 9.27. The molecule has 2 aromatic rings. The molecule has 0 aliphatic carbocycles. The zero-order valence-corrected chi connectivity index (χ0v) is 16.7. The highest BCUT2D eigenvalue weighted by Crippen LogP contribution is 2.35. The molecule has 26 heavy (non-hydrogen) atoms. The molecule has 0 saturated carbocycles. The maximum atomic E-state index is 13.0. The first kappa shape index (κ1) is 20.1. The fraction of sp³-hybridized carbons (Fsp3) is 0.455. The van der Waals surface area contributed by atoms with Crippen molar-refractivity contribution in [2.45, 2.75) is 65.5 Å². The molecule has 0 saturated heterocycles. The molecule has 0 fully saturated rings. The SMILES string of the molecule is CCC(C)(C)N([O-])c1cc(-c2ccccc2)cc([N+](=O)C(C)(C)CC)c1. The quantitative estimate of drug-likeness (QED) is 0.424. The van der Waals surface area contributed by atoms with Gasteiger partial charge < -0.3 is 10.3 Å². The van der Waals surface area contributed by atoms with E-state index < -0.39 is 11.1 Å². The molecule has 0 radical (unpaired) electrons. The monoisotopic (exact) mass is 354 g/mol. The molecule has 0 aromatic heterocycles. The van der Waals surface area contributed by atoms with E-state index in [0.717, 1.165) is 21.0 Å². The fourth-order valence-electron chi connectivity index (χ4n) is 2.61. The van der Waals surface area contributed by atoms with Crippen molar-refractivity contribution in [1.29, 1.82) is 0 Å². The van der Waals surface area contributed by atoms with Gasteiger partial charge in [-0.3, -0.25) is 0 Å². The molecule has 4 heteroatoms. The second kappa shape index (κ2) is 7.58. The number of nitrogens with zero attached hydrogens (tertiary/aromatic N) is 2. The van der Waals surface area contributed by atoms with Crippen LogP contribution in [0, 0.1) is 10.1 Å². The summed E-state index contributed by atoms with van der Waals surface area (Å²) in [6, 6.07) is 15.3. The minimum atomic E-state index is -0.541. The van der Waals surface area contributed by atoms with Crippen molar-refractivity contribution in [3.8, 4) is 11.1 Å². The van der Waals surface area contributed by atoms with Gasteiger partial charge in [-0.1, -0.05) is 44.2 Å². The Labute approximate surface area is 157 Å². The number of nitroso groups, excluding NO2 is 1. The summed E-state index contributed by atoms with van der Waals surface area (Å²) in [4.78, 5) is 13.0. The van der Waals surface area contributed by atoms with Crippen LogP contribution in [0.3, 0.4) is 0 Å².